The molecular weight excluding hydrogens is 340 g/mol. The SMILES string of the molecule is CN1C(=O)C[C@@](C)(C2CCCN(C(=O)CCCc3ccccc3)C2)N=C1N. The molecule has 0 radical (unpaired) electrons. The highest BCUT2D eigenvalue weighted by molar-refractivity contribution is 5.98. The molecule has 1 fully saturated rings. The second-order valence-corrected chi connectivity index (χ2v) is 7.97. The van der Waals surface area contributed by atoms with E-state index in [9.17, 15) is 9.59 Å². The molecule has 1 aromatic carbocycles. The van der Waals surface area contributed by atoms with Gasteiger partial charge in [-0.3, -0.25) is 14.5 Å². The Kier molecular flexibility index (Phi) is 5.82. The molecule has 2 aliphatic heterocycles. The Labute approximate surface area is 161 Å². The summed E-state index contributed by atoms with van der Waals surface area (Å²) in [6, 6.07) is 10.3. The van der Waals surface area contributed by atoms with E-state index >= 15 is 0 Å². The number of aliphatic imine (C=N–C) groups is 1. The second-order valence-electron chi connectivity index (χ2n) is 7.97. The summed E-state index contributed by atoms with van der Waals surface area (Å²) in [4.78, 5) is 32.9. The zero-order chi connectivity index (χ0) is 19.4. The minimum absolute atomic E-state index is 0.00342. The lowest BCUT2D eigenvalue weighted by Gasteiger charge is -2.43. The Hall–Kier alpha value is -2.37. The highest BCUT2D eigenvalue weighted by Gasteiger charge is 2.43. The normalized spacial score (nSPS) is 26.1. The van der Waals surface area contributed by atoms with Crippen molar-refractivity contribution < 1.29 is 9.59 Å². The molecule has 1 aromatic rings. The topological polar surface area (TPSA) is 79.0 Å². The summed E-state index contributed by atoms with van der Waals surface area (Å²) in [7, 11) is 1.66. The molecule has 0 saturated carbocycles. The molecule has 2 atom stereocenters. The number of likely N-dealkylation sites (tertiary alicyclic amines) is 1. The molecule has 27 heavy (non-hydrogen) atoms. The maximum absolute atomic E-state index is 12.7. The Balaban J connectivity index is 1.57. The first-order valence-electron chi connectivity index (χ1n) is 9.82. The molecule has 6 nitrogen and oxygen atoms in total. The van der Waals surface area contributed by atoms with E-state index in [1.165, 1.54) is 10.5 Å². The maximum atomic E-state index is 12.7. The van der Waals surface area contributed by atoms with Crippen LogP contribution in [0.5, 0.6) is 0 Å². The van der Waals surface area contributed by atoms with Crippen molar-refractivity contribution in [1.29, 1.82) is 0 Å². The molecule has 0 aliphatic carbocycles. The van der Waals surface area contributed by atoms with Crippen LogP contribution < -0.4 is 5.73 Å². The summed E-state index contributed by atoms with van der Waals surface area (Å²) in [6.07, 6.45) is 4.61. The average Bonchev–Trinajstić information content (AvgIpc) is 2.67. The van der Waals surface area contributed by atoms with Gasteiger partial charge in [0.2, 0.25) is 11.8 Å². The van der Waals surface area contributed by atoms with Crippen LogP contribution in [0.2, 0.25) is 0 Å². The first-order chi connectivity index (χ1) is 12.9. The number of hydrogen-bond donors (Lipinski definition) is 1. The lowest BCUT2D eigenvalue weighted by atomic mass is 9.77. The van der Waals surface area contributed by atoms with Crippen molar-refractivity contribution in [2.75, 3.05) is 20.1 Å². The molecule has 146 valence electrons. The molecule has 2 N–H and O–H groups in total. The number of nitrogens with zero attached hydrogens (tertiary/aromatic N) is 3. The lowest BCUT2D eigenvalue weighted by molar-refractivity contribution is -0.134. The Morgan fingerprint density at radius 2 is 2.07 bits per heavy atom. The van der Waals surface area contributed by atoms with Gasteiger partial charge in [-0.25, -0.2) is 4.99 Å². The van der Waals surface area contributed by atoms with Crippen LogP contribution in [0.4, 0.5) is 0 Å². The molecule has 2 amide bonds. The first kappa shape index (κ1) is 19.4. The fourth-order valence-electron chi connectivity index (χ4n) is 4.12. The fourth-order valence-corrected chi connectivity index (χ4v) is 4.12. The number of rotatable bonds is 5. The van der Waals surface area contributed by atoms with E-state index in [1.807, 2.05) is 30.0 Å². The zero-order valence-corrected chi connectivity index (χ0v) is 16.4. The standard InChI is InChI=1S/C21H30N4O2/c1-21(14-19(27)24(2)20(22)23-21)17-11-7-13-25(15-17)18(26)12-6-10-16-8-4-3-5-9-16/h3-5,8-9,17H,6-7,10-15H2,1-2H3,(H2,22,23)/t17?,21-/m0/s1. The van der Waals surface area contributed by atoms with E-state index < -0.39 is 5.54 Å². The third-order valence-corrected chi connectivity index (χ3v) is 5.95. The van der Waals surface area contributed by atoms with Gasteiger partial charge in [-0.1, -0.05) is 30.3 Å². The molecule has 2 aliphatic rings. The number of carbonyl (C=O) groups is 2. The van der Waals surface area contributed by atoms with Gasteiger partial charge in [-0.2, -0.15) is 0 Å². The van der Waals surface area contributed by atoms with Crippen LogP contribution in [0.15, 0.2) is 35.3 Å². The van der Waals surface area contributed by atoms with Crippen LogP contribution in [-0.4, -0.2) is 53.2 Å². The Morgan fingerprint density at radius 1 is 1.33 bits per heavy atom. The van der Waals surface area contributed by atoms with Gasteiger partial charge in [0, 0.05) is 32.5 Å². The van der Waals surface area contributed by atoms with Crippen LogP contribution in [0, 0.1) is 5.92 Å². The number of benzene rings is 1. The number of nitrogens with two attached hydrogens (primary N) is 1. The van der Waals surface area contributed by atoms with E-state index in [0.29, 0.717) is 19.4 Å². The molecule has 3 rings (SSSR count). The Morgan fingerprint density at radius 3 is 2.78 bits per heavy atom. The smallest absolute Gasteiger partial charge is 0.231 e. The van der Waals surface area contributed by atoms with E-state index in [4.69, 9.17) is 5.73 Å². The number of guanidine groups is 1. The third kappa shape index (κ3) is 4.49. The van der Waals surface area contributed by atoms with Crippen molar-refractivity contribution in [2.24, 2.45) is 16.6 Å². The van der Waals surface area contributed by atoms with Gasteiger partial charge >= 0.3 is 0 Å². The van der Waals surface area contributed by atoms with E-state index in [-0.39, 0.29) is 23.7 Å². The number of carbonyl (C=O) groups excluding carboxylic acids is 2. The van der Waals surface area contributed by atoms with Crippen LogP contribution in [-0.2, 0) is 16.0 Å². The van der Waals surface area contributed by atoms with E-state index in [1.54, 1.807) is 7.05 Å². The van der Waals surface area contributed by atoms with Gasteiger partial charge in [-0.05, 0) is 38.2 Å². The van der Waals surface area contributed by atoms with Gasteiger partial charge in [-0.15, -0.1) is 0 Å². The number of hydrogen-bond acceptors (Lipinski definition) is 4. The molecule has 0 spiro atoms. The molecule has 0 aromatic heterocycles. The predicted octanol–water partition coefficient (Wildman–Crippen LogP) is 2.18. The van der Waals surface area contributed by atoms with Crippen molar-refractivity contribution in [3.05, 3.63) is 35.9 Å². The van der Waals surface area contributed by atoms with E-state index in [0.717, 1.165) is 32.2 Å². The second kappa shape index (κ2) is 8.11. The zero-order valence-electron chi connectivity index (χ0n) is 16.4. The summed E-state index contributed by atoms with van der Waals surface area (Å²) in [6.45, 7) is 3.46. The largest absolute Gasteiger partial charge is 0.369 e. The lowest BCUT2D eigenvalue weighted by Crippen LogP contribution is -2.54. The predicted molar refractivity (Wildman–Crippen MR) is 106 cm³/mol. The quantitative estimate of drug-likeness (QED) is 0.863. The summed E-state index contributed by atoms with van der Waals surface area (Å²) in [5.41, 5.74) is 6.69. The molecule has 1 unspecified atom stereocenters. The summed E-state index contributed by atoms with van der Waals surface area (Å²) in [5.74, 6) is 0.646. The first-order valence-corrected chi connectivity index (χ1v) is 9.82. The third-order valence-electron chi connectivity index (χ3n) is 5.95. The van der Waals surface area contributed by atoms with Gasteiger partial charge in [0.15, 0.2) is 5.96 Å². The molecule has 0 bridgehead atoms. The van der Waals surface area contributed by atoms with E-state index in [2.05, 4.69) is 17.1 Å². The van der Waals surface area contributed by atoms with Gasteiger partial charge in [0.1, 0.15) is 0 Å². The average molecular weight is 370 g/mol. The summed E-state index contributed by atoms with van der Waals surface area (Å²) < 4.78 is 0. The van der Waals surface area contributed by atoms with Gasteiger partial charge < -0.3 is 10.6 Å². The minimum atomic E-state index is -0.517. The van der Waals surface area contributed by atoms with Crippen molar-refractivity contribution in [2.45, 2.75) is 51.0 Å². The molecule has 2 heterocycles. The van der Waals surface area contributed by atoms with Crippen LogP contribution in [0.25, 0.3) is 0 Å². The highest BCUT2D eigenvalue weighted by Crippen LogP contribution is 2.35. The minimum Gasteiger partial charge on any atom is -0.369 e. The van der Waals surface area contributed by atoms with Gasteiger partial charge in [0.25, 0.3) is 0 Å². The maximum Gasteiger partial charge on any atom is 0.231 e. The van der Waals surface area contributed by atoms with Crippen molar-refractivity contribution in [3.63, 3.8) is 0 Å². The van der Waals surface area contributed by atoms with Crippen LogP contribution >= 0.6 is 0 Å². The summed E-state index contributed by atoms with van der Waals surface area (Å²) in [5, 5.41) is 0. The number of aryl methyl sites for hydroxylation is 1. The fraction of sp³-hybridized carbons (Fsp3) is 0.571. The molecule has 1 saturated heterocycles. The van der Waals surface area contributed by atoms with Gasteiger partial charge in [0.05, 0.1) is 12.0 Å². The monoisotopic (exact) mass is 370 g/mol. The van der Waals surface area contributed by atoms with Crippen molar-refractivity contribution >= 4 is 17.8 Å². The van der Waals surface area contributed by atoms with Crippen molar-refractivity contribution in [3.8, 4) is 0 Å². The molecule has 6 heteroatoms. The number of amides is 2. The number of piperidine rings is 1. The Bertz CT molecular complexity index is 718. The molecular formula is C21H30N4O2. The summed E-state index contributed by atoms with van der Waals surface area (Å²) >= 11 is 0. The highest BCUT2D eigenvalue weighted by atomic mass is 16.2. The van der Waals surface area contributed by atoms with Crippen LogP contribution in [0.1, 0.15) is 44.6 Å². The van der Waals surface area contributed by atoms with Crippen LogP contribution in [0.3, 0.4) is 0 Å². The van der Waals surface area contributed by atoms with Crippen molar-refractivity contribution in [1.82, 2.24) is 9.80 Å².